The average Bonchev–Trinajstić information content (AvgIpc) is 2.86. The Labute approximate surface area is 106 Å². The van der Waals surface area contributed by atoms with Crippen LogP contribution in [0.15, 0.2) is 11.6 Å². The molecule has 0 saturated carbocycles. The predicted octanol–water partition coefficient (Wildman–Crippen LogP) is 0.952. The van der Waals surface area contributed by atoms with Gasteiger partial charge in [0.25, 0.3) is 6.43 Å². The van der Waals surface area contributed by atoms with E-state index >= 15 is 0 Å². The number of hydrogen-bond donors (Lipinski definition) is 2. The van der Waals surface area contributed by atoms with Crippen molar-refractivity contribution in [1.82, 2.24) is 9.38 Å². The third kappa shape index (κ3) is 2.45. The molecule has 0 unspecified atom stereocenters. The lowest BCUT2D eigenvalue weighted by Gasteiger charge is -2.21. The minimum absolute atomic E-state index is 0.0577. The van der Waals surface area contributed by atoms with Gasteiger partial charge in [0.2, 0.25) is 0 Å². The van der Waals surface area contributed by atoms with Crippen molar-refractivity contribution in [3.8, 4) is 0 Å². The molecule has 0 spiro atoms. The van der Waals surface area contributed by atoms with Crippen LogP contribution in [0.3, 0.4) is 0 Å². The largest absolute Gasteiger partial charge is 0.395 e. The second-order valence-electron chi connectivity index (χ2n) is 3.66. The number of aliphatic hydroxyl groups is 2. The summed E-state index contributed by atoms with van der Waals surface area (Å²) in [5, 5.41) is 20.1. The van der Waals surface area contributed by atoms with E-state index in [1.807, 2.05) is 0 Å². The fraction of sp³-hybridized carbons (Fsp3) is 0.500. The molecular weight excluding hydrogens is 264 g/mol. The lowest BCUT2D eigenvalue weighted by atomic mass is 10.3. The summed E-state index contributed by atoms with van der Waals surface area (Å²) in [6, 6.07) is 0. The summed E-state index contributed by atoms with van der Waals surface area (Å²) in [4.78, 5) is 6.14. The first kappa shape index (κ1) is 13.2. The number of halogens is 2. The highest BCUT2D eigenvalue weighted by Crippen LogP contribution is 2.25. The Bertz CT molecular complexity index is 514. The number of hydrogen-bond acceptors (Lipinski definition) is 5. The first-order valence-electron chi connectivity index (χ1n) is 5.36. The molecule has 18 heavy (non-hydrogen) atoms. The molecule has 0 aliphatic rings. The first-order chi connectivity index (χ1) is 8.67. The topological polar surface area (TPSA) is 61.0 Å². The van der Waals surface area contributed by atoms with E-state index in [-0.39, 0.29) is 19.8 Å². The lowest BCUT2D eigenvalue weighted by Crippen LogP contribution is -2.32. The summed E-state index contributed by atoms with van der Waals surface area (Å²) >= 11 is 1.36. The Kier molecular flexibility index (Phi) is 4.10. The third-order valence-corrected chi connectivity index (χ3v) is 3.27. The van der Waals surface area contributed by atoms with Gasteiger partial charge in [-0.05, 0) is 0 Å². The molecule has 0 atom stereocenters. The number of nitrogens with zero attached hydrogens (tertiary/aromatic N) is 3. The molecule has 2 heterocycles. The van der Waals surface area contributed by atoms with E-state index in [0.29, 0.717) is 16.5 Å². The van der Waals surface area contributed by atoms with Crippen molar-refractivity contribution in [2.45, 2.75) is 13.0 Å². The zero-order valence-electron chi connectivity index (χ0n) is 9.46. The average molecular weight is 277 g/mol. The molecule has 100 valence electrons. The molecule has 0 radical (unpaired) electrons. The van der Waals surface area contributed by atoms with Gasteiger partial charge in [-0.1, -0.05) is 0 Å². The Hall–Kier alpha value is -1.25. The van der Waals surface area contributed by atoms with Crippen LogP contribution in [0.5, 0.6) is 0 Å². The monoisotopic (exact) mass is 277 g/mol. The molecule has 0 aliphatic heterocycles. The van der Waals surface area contributed by atoms with Crippen LogP contribution in [0, 0.1) is 0 Å². The van der Waals surface area contributed by atoms with Crippen LogP contribution in [0.1, 0.15) is 5.69 Å². The quantitative estimate of drug-likeness (QED) is 0.825. The highest BCUT2D eigenvalue weighted by atomic mass is 32.1. The van der Waals surface area contributed by atoms with E-state index in [0.717, 1.165) is 0 Å². The normalized spacial score (nSPS) is 11.6. The van der Waals surface area contributed by atoms with E-state index in [1.165, 1.54) is 16.2 Å². The minimum atomic E-state index is -2.53. The van der Waals surface area contributed by atoms with Gasteiger partial charge >= 0.3 is 0 Å². The lowest BCUT2D eigenvalue weighted by molar-refractivity contribution is 0.152. The first-order valence-corrected chi connectivity index (χ1v) is 6.24. The SMILES string of the molecule is OCCN(CC(F)F)c1nc2sccn2c1CO. The van der Waals surface area contributed by atoms with Gasteiger partial charge in [0.1, 0.15) is 0 Å². The number of aliphatic hydroxyl groups excluding tert-OH is 2. The van der Waals surface area contributed by atoms with Crippen molar-refractivity contribution in [3.63, 3.8) is 0 Å². The summed E-state index contributed by atoms with van der Waals surface area (Å²) in [6.45, 7) is -0.998. The number of rotatable bonds is 6. The molecule has 0 amide bonds. The van der Waals surface area contributed by atoms with E-state index < -0.39 is 13.0 Å². The standard InChI is InChI=1S/C10H13F2N3O2S/c11-8(12)5-14(1-3-16)9-7(6-17)15-2-4-18-10(15)13-9/h2,4,8,16-17H,1,3,5-6H2. The number of imidazole rings is 1. The minimum Gasteiger partial charge on any atom is -0.395 e. The fourth-order valence-electron chi connectivity index (χ4n) is 1.79. The van der Waals surface area contributed by atoms with Gasteiger partial charge in [0, 0.05) is 18.1 Å². The maximum Gasteiger partial charge on any atom is 0.255 e. The van der Waals surface area contributed by atoms with Crippen LogP contribution in [0.4, 0.5) is 14.6 Å². The predicted molar refractivity (Wildman–Crippen MR) is 64.3 cm³/mol. The number of thiazole rings is 1. The molecule has 0 fully saturated rings. The van der Waals surface area contributed by atoms with Crippen molar-refractivity contribution < 1.29 is 19.0 Å². The Morgan fingerprint density at radius 2 is 2.22 bits per heavy atom. The van der Waals surface area contributed by atoms with Gasteiger partial charge in [-0.2, -0.15) is 0 Å². The molecule has 0 bridgehead atoms. The van der Waals surface area contributed by atoms with Crippen LogP contribution < -0.4 is 4.90 Å². The number of alkyl halides is 2. The summed E-state index contributed by atoms with van der Waals surface area (Å²) in [6.07, 6.45) is -0.801. The Morgan fingerprint density at radius 1 is 1.44 bits per heavy atom. The van der Waals surface area contributed by atoms with Crippen molar-refractivity contribution in [3.05, 3.63) is 17.3 Å². The summed E-state index contributed by atoms with van der Waals surface area (Å²) in [5.74, 6) is 0.304. The molecule has 0 aromatic carbocycles. The maximum absolute atomic E-state index is 12.5. The number of anilines is 1. The van der Waals surface area contributed by atoms with Crippen molar-refractivity contribution in [1.29, 1.82) is 0 Å². The van der Waals surface area contributed by atoms with Crippen LogP contribution in [0.2, 0.25) is 0 Å². The summed E-state index contributed by atoms with van der Waals surface area (Å²) in [5.41, 5.74) is 0.459. The van der Waals surface area contributed by atoms with Gasteiger partial charge in [0.15, 0.2) is 10.8 Å². The third-order valence-electron chi connectivity index (χ3n) is 2.52. The smallest absolute Gasteiger partial charge is 0.255 e. The van der Waals surface area contributed by atoms with Crippen molar-refractivity contribution in [2.24, 2.45) is 0 Å². The second kappa shape index (κ2) is 5.59. The van der Waals surface area contributed by atoms with Crippen LogP contribution >= 0.6 is 11.3 Å². The molecule has 2 aromatic heterocycles. The van der Waals surface area contributed by atoms with Crippen molar-refractivity contribution >= 4 is 22.1 Å². The van der Waals surface area contributed by atoms with E-state index in [9.17, 15) is 13.9 Å². The molecule has 0 saturated heterocycles. The molecular formula is C10H13F2N3O2S. The van der Waals surface area contributed by atoms with Gasteiger partial charge in [-0.25, -0.2) is 13.8 Å². The maximum atomic E-state index is 12.5. The highest BCUT2D eigenvalue weighted by Gasteiger charge is 2.20. The van der Waals surface area contributed by atoms with Crippen LogP contribution in [-0.4, -0.2) is 45.7 Å². The molecule has 2 aromatic rings. The second-order valence-corrected chi connectivity index (χ2v) is 4.53. The fourth-order valence-corrected chi connectivity index (χ4v) is 2.52. The molecule has 5 nitrogen and oxygen atoms in total. The Morgan fingerprint density at radius 3 is 2.83 bits per heavy atom. The summed E-state index contributed by atoms with van der Waals surface area (Å²) in [7, 11) is 0. The van der Waals surface area contributed by atoms with Gasteiger partial charge in [-0.15, -0.1) is 11.3 Å². The Balaban J connectivity index is 2.38. The number of fused-ring (bicyclic) bond motifs is 1. The summed E-state index contributed by atoms with van der Waals surface area (Å²) < 4.78 is 26.6. The van der Waals surface area contributed by atoms with Crippen molar-refractivity contribution in [2.75, 3.05) is 24.6 Å². The van der Waals surface area contributed by atoms with E-state index in [2.05, 4.69) is 4.98 Å². The number of aromatic nitrogens is 2. The van der Waals surface area contributed by atoms with Gasteiger partial charge < -0.3 is 15.1 Å². The van der Waals surface area contributed by atoms with Gasteiger partial charge in [-0.3, -0.25) is 4.40 Å². The van der Waals surface area contributed by atoms with Crippen LogP contribution in [-0.2, 0) is 6.61 Å². The van der Waals surface area contributed by atoms with E-state index in [1.54, 1.807) is 16.0 Å². The van der Waals surface area contributed by atoms with Crippen LogP contribution in [0.25, 0.3) is 4.96 Å². The van der Waals surface area contributed by atoms with E-state index in [4.69, 9.17) is 5.11 Å². The molecule has 2 N–H and O–H groups in total. The zero-order chi connectivity index (χ0) is 13.1. The molecule has 8 heteroatoms. The highest BCUT2D eigenvalue weighted by molar-refractivity contribution is 7.15. The van der Waals surface area contributed by atoms with Gasteiger partial charge in [0.05, 0.1) is 25.5 Å². The molecule has 2 rings (SSSR count). The zero-order valence-corrected chi connectivity index (χ0v) is 10.3. The molecule has 0 aliphatic carbocycles.